The summed E-state index contributed by atoms with van der Waals surface area (Å²) in [5, 5.41) is 17.6. The molecule has 0 radical (unpaired) electrons. The van der Waals surface area contributed by atoms with Gasteiger partial charge in [0.05, 0.1) is 43.3 Å². The van der Waals surface area contributed by atoms with E-state index in [1.807, 2.05) is 31.2 Å². The lowest BCUT2D eigenvalue weighted by molar-refractivity contribution is -0.160. The molecule has 1 N–H and O–H groups in total. The number of aliphatic hydroxyl groups excluding tert-OH is 1. The molecule has 0 aliphatic carbocycles. The molecule has 3 aromatic carbocycles. The molecule has 0 saturated carbocycles. The number of esters is 3. The molecule has 0 amide bonds. The number of rotatable bonds is 20. The van der Waals surface area contributed by atoms with Gasteiger partial charge < -0.3 is 28.9 Å². The van der Waals surface area contributed by atoms with E-state index in [1.165, 1.54) is 0 Å². The zero-order chi connectivity index (χ0) is 33.6. The molecule has 10 nitrogen and oxygen atoms in total. The van der Waals surface area contributed by atoms with Crippen LogP contribution in [0, 0.1) is 17.3 Å². The Bertz CT molecular complexity index is 1460. The van der Waals surface area contributed by atoms with Gasteiger partial charge in [0.2, 0.25) is 0 Å². The highest BCUT2D eigenvalue weighted by Crippen LogP contribution is 2.35. The van der Waals surface area contributed by atoms with Crippen molar-refractivity contribution in [3.8, 4) is 0 Å². The van der Waals surface area contributed by atoms with Gasteiger partial charge in [0.25, 0.3) is 0 Å². The maximum absolute atomic E-state index is 13.1. The molecule has 1 fully saturated rings. The van der Waals surface area contributed by atoms with E-state index < -0.39 is 35.2 Å². The van der Waals surface area contributed by atoms with Crippen molar-refractivity contribution in [3.05, 3.63) is 60.2 Å². The van der Waals surface area contributed by atoms with E-state index in [0.717, 1.165) is 27.1 Å². The monoisotopic (exact) mass is 649 g/mol. The zero-order valence-electron chi connectivity index (χ0n) is 27.7. The van der Waals surface area contributed by atoms with Crippen molar-refractivity contribution in [1.29, 1.82) is 0 Å². The van der Waals surface area contributed by atoms with Gasteiger partial charge >= 0.3 is 17.9 Å². The molecule has 3 aromatic rings. The van der Waals surface area contributed by atoms with E-state index in [-0.39, 0.29) is 52.0 Å². The maximum atomic E-state index is 13.1. The number of fused-ring (bicyclic) bond motifs is 2. The van der Waals surface area contributed by atoms with Crippen LogP contribution in [0.3, 0.4) is 0 Å². The Morgan fingerprint density at radius 3 is 2.23 bits per heavy atom. The number of aliphatic hydroxyl groups is 1. The number of nitrogens with zero attached hydrogens (tertiary/aromatic N) is 1. The Labute approximate surface area is 276 Å². The highest BCUT2D eigenvalue weighted by molar-refractivity contribution is 6.13. The molecule has 1 aliphatic rings. The van der Waals surface area contributed by atoms with E-state index in [2.05, 4.69) is 35.5 Å². The van der Waals surface area contributed by atoms with E-state index in [1.54, 1.807) is 20.1 Å². The van der Waals surface area contributed by atoms with Crippen LogP contribution in [0.5, 0.6) is 0 Å². The van der Waals surface area contributed by atoms with Crippen LogP contribution in [0.25, 0.3) is 21.5 Å². The second-order valence-corrected chi connectivity index (χ2v) is 12.4. The SMILES string of the molecule is CCC(C)(CC(CC(C)C(=O)OCCCON=Cc1c2ccccc2cc2ccccc12)C(=O)OCCCCO)C(=O)OCC1CO1. The van der Waals surface area contributed by atoms with Crippen molar-refractivity contribution in [2.45, 2.75) is 65.4 Å². The first-order chi connectivity index (χ1) is 22.8. The van der Waals surface area contributed by atoms with Gasteiger partial charge in [0.1, 0.15) is 19.3 Å². The Morgan fingerprint density at radius 2 is 1.60 bits per heavy atom. The highest BCUT2D eigenvalue weighted by Gasteiger charge is 2.40. The molecule has 1 aliphatic heterocycles. The number of carbonyl (C=O) groups is 3. The molecule has 0 bridgehead atoms. The molecule has 0 aromatic heterocycles. The smallest absolute Gasteiger partial charge is 0.311 e. The fourth-order valence-electron chi connectivity index (χ4n) is 5.48. The van der Waals surface area contributed by atoms with Gasteiger partial charge in [-0.1, -0.05) is 67.5 Å². The number of unbranched alkanes of at least 4 members (excludes halogenated alkanes) is 1. The minimum Gasteiger partial charge on any atom is -0.465 e. The predicted molar refractivity (Wildman–Crippen MR) is 179 cm³/mol. The number of benzene rings is 3. The second-order valence-electron chi connectivity index (χ2n) is 12.4. The summed E-state index contributed by atoms with van der Waals surface area (Å²) in [6.45, 7) is 6.64. The summed E-state index contributed by atoms with van der Waals surface area (Å²) < 4.78 is 21.6. The lowest BCUT2D eigenvalue weighted by atomic mass is 9.76. The van der Waals surface area contributed by atoms with Gasteiger partial charge in [-0.3, -0.25) is 14.4 Å². The molecule has 10 heteroatoms. The molecule has 4 atom stereocenters. The van der Waals surface area contributed by atoms with Crippen molar-refractivity contribution in [2.24, 2.45) is 22.4 Å². The number of ether oxygens (including phenoxy) is 4. The van der Waals surface area contributed by atoms with Crippen LogP contribution in [0.15, 0.2) is 59.8 Å². The summed E-state index contributed by atoms with van der Waals surface area (Å²) in [5.41, 5.74) is 0.0357. The number of carbonyl (C=O) groups excluding carboxylic acids is 3. The Morgan fingerprint density at radius 1 is 0.957 bits per heavy atom. The standard InChI is InChI=1S/C37H47NO9/c1-4-37(3,36(42)46-25-30-24-45-30)22-29(35(41)44-17-10-9-16-39)20-26(2)34(40)43-18-11-19-47-38-23-33-31-14-7-5-12-27(31)21-28-13-6-8-15-32(28)33/h5-8,12-15,21,23,26,29-30,39H,4,9-11,16-20,22,24-25H2,1-3H3. The Kier molecular flexibility index (Phi) is 13.5. The largest absolute Gasteiger partial charge is 0.465 e. The van der Waals surface area contributed by atoms with Gasteiger partial charge in [-0.25, -0.2) is 0 Å². The van der Waals surface area contributed by atoms with Crippen LogP contribution in [0.1, 0.15) is 64.9 Å². The minimum atomic E-state index is -0.941. The highest BCUT2D eigenvalue weighted by atomic mass is 16.6. The Hall–Kier alpha value is -4.02. The molecular formula is C37H47NO9. The van der Waals surface area contributed by atoms with Crippen molar-refractivity contribution in [1.82, 2.24) is 0 Å². The van der Waals surface area contributed by atoms with E-state index in [9.17, 15) is 14.4 Å². The second kappa shape index (κ2) is 17.8. The number of hydrogen-bond acceptors (Lipinski definition) is 10. The van der Waals surface area contributed by atoms with Crippen LogP contribution < -0.4 is 0 Å². The van der Waals surface area contributed by atoms with Gasteiger partial charge in [-0.2, -0.15) is 0 Å². The average molecular weight is 650 g/mol. The first kappa shape index (κ1) is 35.8. The zero-order valence-corrected chi connectivity index (χ0v) is 27.7. The van der Waals surface area contributed by atoms with E-state index in [0.29, 0.717) is 32.3 Å². The molecular weight excluding hydrogens is 602 g/mol. The first-order valence-electron chi connectivity index (χ1n) is 16.5. The van der Waals surface area contributed by atoms with Crippen LogP contribution in [-0.4, -0.2) is 75.0 Å². The van der Waals surface area contributed by atoms with Crippen LogP contribution >= 0.6 is 0 Å². The van der Waals surface area contributed by atoms with Crippen molar-refractivity contribution in [3.63, 3.8) is 0 Å². The molecule has 4 rings (SSSR count). The fourth-order valence-corrected chi connectivity index (χ4v) is 5.48. The maximum Gasteiger partial charge on any atom is 0.311 e. The molecule has 47 heavy (non-hydrogen) atoms. The van der Waals surface area contributed by atoms with Gasteiger partial charge in [-0.15, -0.1) is 0 Å². The summed E-state index contributed by atoms with van der Waals surface area (Å²) in [7, 11) is 0. The summed E-state index contributed by atoms with van der Waals surface area (Å²) in [4.78, 5) is 44.5. The summed E-state index contributed by atoms with van der Waals surface area (Å²) in [5.74, 6) is -2.66. The third-order valence-electron chi connectivity index (χ3n) is 8.64. The van der Waals surface area contributed by atoms with Crippen LogP contribution in [-0.2, 0) is 38.2 Å². The molecule has 1 heterocycles. The normalized spacial score (nSPS) is 16.8. The molecule has 0 spiro atoms. The van der Waals surface area contributed by atoms with Crippen LogP contribution in [0.4, 0.5) is 0 Å². The third kappa shape index (κ3) is 10.5. The summed E-state index contributed by atoms with van der Waals surface area (Å²) in [6.07, 6.45) is 3.90. The van der Waals surface area contributed by atoms with Crippen LogP contribution in [0.2, 0.25) is 0 Å². The van der Waals surface area contributed by atoms with Gasteiger partial charge in [0.15, 0.2) is 0 Å². The van der Waals surface area contributed by atoms with Crippen molar-refractivity contribution < 1.29 is 43.3 Å². The number of oxime groups is 1. The quantitative estimate of drug-likeness (QED) is 0.0298. The molecule has 1 saturated heterocycles. The van der Waals surface area contributed by atoms with Gasteiger partial charge in [-0.05, 0) is 66.6 Å². The third-order valence-corrected chi connectivity index (χ3v) is 8.64. The lowest BCUT2D eigenvalue weighted by Crippen LogP contribution is -2.36. The Balaban J connectivity index is 1.27. The average Bonchev–Trinajstić information content (AvgIpc) is 3.92. The minimum absolute atomic E-state index is 0.00704. The molecule has 254 valence electrons. The first-order valence-corrected chi connectivity index (χ1v) is 16.5. The van der Waals surface area contributed by atoms with E-state index in [4.69, 9.17) is 28.9 Å². The summed E-state index contributed by atoms with van der Waals surface area (Å²) in [6, 6.07) is 18.4. The van der Waals surface area contributed by atoms with Crippen molar-refractivity contribution in [2.75, 3.05) is 39.6 Å². The number of hydrogen-bond donors (Lipinski definition) is 1. The summed E-state index contributed by atoms with van der Waals surface area (Å²) >= 11 is 0. The fraction of sp³-hybridized carbons (Fsp3) is 0.514. The molecule has 4 unspecified atom stereocenters. The van der Waals surface area contributed by atoms with Crippen molar-refractivity contribution >= 4 is 45.7 Å². The van der Waals surface area contributed by atoms with Gasteiger partial charge in [0, 0.05) is 18.6 Å². The van der Waals surface area contributed by atoms with E-state index >= 15 is 0 Å². The lowest BCUT2D eigenvalue weighted by Gasteiger charge is -2.30. The number of epoxide rings is 1. The predicted octanol–water partition coefficient (Wildman–Crippen LogP) is 5.98. The topological polar surface area (TPSA) is 133 Å².